The third-order valence-corrected chi connectivity index (χ3v) is 2.71. The lowest BCUT2D eigenvalue weighted by Gasteiger charge is -2.15. The van der Waals surface area contributed by atoms with Gasteiger partial charge >= 0.3 is 5.97 Å². The van der Waals surface area contributed by atoms with Crippen molar-refractivity contribution in [1.29, 1.82) is 0 Å². The number of pyridine rings is 1. The molecule has 0 spiro atoms. The molecule has 2 aromatic rings. The largest absolute Gasteiger partial charge is 0.478 e. The van der Waals surface area contributed by atoms with Crippen molar-refractivity contribution in [3.63, 3.8) is 0 Å². The Morgan fingerprint density at radius 3 is 2.14 bits per heavy atom. The van der Waals surface area contributed by atoms with Crippen LogP contribution < -0.4 is 5.84 Å². The number of aromatic carboxylic acids is 1. The van der Waals surface area contributed by atoms with Gasteiger partial charge in [-0.2, -0.15) is 0 Å². The fourth-order valence-corrected chi connectivity index (χ4v) is 1.69. The highest BCUT2D eigenvalue weighted by Crippen LogP contribution is 2.12. The van der Waals surface area contributed by atoms with E-state index in [4.69, 9.17) is 10.9 Å². The normalized spacial score (nSPS) is 9.95. The van der Waals surface area contributed by atoms with E-state index in [1.807, 2.05) is 0 Å². The number of aromatic nitrogens is 1. The number of nitrogens with zero attached hydrogens (tertiary/aromatic N) is 2. The van der Waals surface area contributed by atoms with Crippen LogP contribution in [0.15, 0.2) is 48.7 Å². The second kappa shape index (κ2) is 5.93. The summed E-state index contributed by atoms with van der Waals surface area (Å²) < 4.78 is 0. The van der Waals surface area contributed by atoms with Crippen molar-refractivity contribution in [2.24, 2.45) is 5.84 Å². The Bertz CT molecular complexity index is 700. The molecule has 0 aliphatic heterocycles. The fraction of sp³-hybridized carbons (Fsp3) is 0. The van der Waals surface area contributed by atoms with Crippen molar-refractivity contribution in [3.8, 4) is 0 Å². The van der Waals surface area contributed by atoms with Crippen molar-refractivity contribution in [1.82, 2.24) is 9.99 Å². The molecule has 1 aromatic carbocycles. The van der Waals surface area contributed by atoms with Crippen LogP contribution in [0.1, 0.15) is 31.2 Å². The number of amides is 2. The van der Waals surface area contributed by atoms with Gasteiger partial charge in [0.2, 0.25) is 0 Å². The van der Waals surface area contributed by atoms with E-state index in [-0.39, 0.29) is 16.8 Å². The van der Waals surface area contributed by atoms with E-state index in [2.05, 4.69) is 4.98 Å². The minimum absolute atomic E-state index is 0.0128. The summed E-state index contributed by atoms with van der Waals surface area (Å²) in [4.78, 5) is 39.1. The second-order valence-corrected chi connectivity index (χ2v) is 4.05. The van der Waals surface area contributed by atoms with Gasteiger partial charge < -0.3 is 5.11 Å². The number of hydrogen-bond donors (Lipinski definition) is 2. The summed E-state index contributed by atoms with van der Waals surface area (Å²) >= 11 is 0. The highest BCUT2D eigenvalue weighted by Gasteiger charge is 2.25. The van der Waals surface area contributed by atoms with E-state index < -0.39 is 17.8 Å². The number of nitrogens with two attached hydrogens (primary N) is 1. The van der Waals surface area contributed by atoms with Crippen LogP contribution in [0.2, 0.25) is 0 Å². The van der Waals surface area contributed by atoms with Crippen LogP contribution in [-0.4, -0.2) is 32.9 Å². The first kappa shape index (κ1) is 14.4. The standard InChI is InChI=1S/C14H11N3O4/c15-17(13(19)11-7-3-4-8-16-11)12(18)9-5-1-2-6-10(9)14(20)21/h1-8H,15H2,(H,20,21). The first-order valence-corrected chi connectivity index (χ1v) is 5.89. The van der Waals surface area contributed by atoms with Crippen molar-refractivity contribution in [2.45, 2.75) is 0 Å². The zero-order valence-electron chi connectivity index (χ0n) is 10.8. The molecule has 0 aliphatic rings. The predicted octanol–water partition coefficient (Wildman–Crippen LogP) is 0.936. The van der Waals surface area contributed by atoms with E-state index in [0.717, 1.165) is 0 Å². The van der Waals surface area contributed by atoms with Crippen molar-refractivity contribution in [3.05, 3.63) is 65.5 Å². The number of carboxylic acid groups (broad SMARTS) is 1. The molecule has 0 fully saturated rings. The van der Waals surface area contributed by atoms with Crippen LogP contribution in [0.4, 0.5) is 0 Å². The molecular weight excluding hydrogens is 274 g/mol. The topological polar surface area (TPSA) is 114 Å². The van der Waals surface area contributed by atoms with Crippen LogP contribution >= 0.6 is 0 Å². The molecule has 0 atom stereocenters. The number of carbonyl (C=O) groups is 3. The summed E-state index contributed by atoms with van der Waals surface area (Å²) in [5.74, 6) is 2.48. The molecule has 2 amide bonds. The molecule has 7 heteroatoms. The Labute approximate surface area is 119 Å². The number of carboxylic acids is 1. The maximum Gasteiger partial charge on any atom is 0.336 e. The summed E-state index contributed by atoms with van der Waals surface area (Å²) in [5.41, 5.74) is -0.412. The predicted molar refractivity (Wildman–Crippen MR) is 72.3 cm³/mol. The highest BCUT2D eigenvalue weighted by atomic mass is 16.4. The molecule has 0 radical (unpaired) electrons. The summed E-state index contributed by atoms with van der Waals surface area (Å²) in [6.07, 6.45) is 1.39. The molecule has 0 saturated carbocycles. The summed E-state index contributed by atoms with van der Waals surface area (Å²) in [7, 11) is 0. The van der Waals surface area contributed by atoms with Gasteiger partial charge in [0.15, 0.2) is 0 Å². The van der Waals surface area contributed by atoms with E-state index in [0.29, 0.717) is 5.01 Å². The maximum absolute atomic E-state index is 12.2. The Morgan fingerprint density at radius 2 is 1.57 bits per heavy atom. The Balaban J connectivity index is 2.32. The lowest BCUT2D eigenvalue weighted by molar-refractivity contribution is 0.0597. The van der Waals surface area contributed by atoms with Crippen LogP contribution in [0.5, 0.6) is 0 Å². The number of rotatable bonds is 3. The quantitative estimate of drug-likeness (QED) is 0.375. The minimum atomic E-state index is -1.28. The molecule has 7 nitrogen and oxygen atoms in total. The number of hydrazine groups is 1. The number of carbonyl (C=O) groups excluding carboxylic acids is 2. The van der Waals surface area contributed by atoms with Crippen LogP contribution in [0.3, 0.4) is 0 Å². The molecule has 2 rings (SSSR count). The minimum Gasteiger partial charge on any atom is -0.478 e. The van der Waals surface area contributed by atoms with Gasteiger partial charge in [0.1, 0.15) is 5.69 Å². The molecule has 1 heterocycles. The van der Waals surface area contributed by atoms with Crippen molar-refractivity contribution >= 4 is 17.8 Å². The molecule has 1 aromatic heterocycles. The van der Waals surface area contributed by atoms with E-state index in [1.165, 1.54) is 36.5 Å². The van der Waals surface area contributed by atoms with Gasteiger partial charge in [-0.25, -0.2) is 15.6 Å². The number of hydrogen-bond acceptors (Lipinski definition) is 5. The first-order chi connectivity index (χ1) is 10.0. The average molecular weight is 285 g/mol. The number of benzene rings is 1. The molecular formula is C14H11N3O4. The lowest BCUT2D eigenvalue weighted by atomic mass is 10.1. The Hall–Kier alpha value is -3.06. The smallest absolute Gasteiger partial charge is 0.336 e. The van der Waals surface area contributed by atoms with E-state index in [1.54, 1.807) is 12.1 Å². The molecule has 0 unspecified atom stereocenters. The molecule has 3 N–H and O–H groups in total. The Kier molecular flexibility index (Phi) is 4.05. The van der Waals surface area contributed by atoms with Gasteiger partial charge in [0.05, 0.1) is 11.1 Å². The Morgan fingerprint density at radius 1 is 0.952 bits per heavy atom. The monoisotopic (exact) mass is 285 g/mol. The number of imide groups is 1. The van der Waals surface area contributed by atoms with Crippen LogP contribution in [0.25, 0.3) is 0 Å². The highest BCUT2D eigenvalue weighted by molar-refractivity contribution is 6.12. The maximum atomic E-state index is 12.2. The molecule has 0 aliphatic carbocycles. The fourth-order valence-electron chi connectivity index (χ4n) is 1.69. The zero-order valence-corrected chi connectivity index (χ0v) is 10.8. The molecule has 106 valence electrons. The SMILES string of the molecule is NN(C(=O)c1ccccn1)C(=O)c1ccccc1C(=O)O. The van der Waals surface area contributed by atoms with Crippen molar-refractivity contribution in [2.75, 3.05) is 0 Å². The lowest BCUT2D eigenvalue weighted by Crippen LogP contribution is -2.43. The van der Waals surface area contributed by atoms with Crippen molar-refractivity contribution < 1.29 is 19.5 Å². The van der Waals surface area contributed by atoms with Gasteiger partial charge in [-0.1, -0.05) is 18.2 Å². The third-order valence-electron chi connectivity index (χ3n) is 2.71. The van der Waals surface area contributed by atoms with Gasteiger partial charge in [0, 0.05) is 6.20 Å². The molecule has 0 bridgehead atoms. The van der Waals surface area contributed by atoms with Gasteiger partial charge in [0.25, 0.3) is 11.8 Å². The van der Waals surface area contributed by atoms with Crippen LogP contribution in [0, 0.1) is 0 Å². The van der Waals surface area contributed by atoms with E-state index >= 15 is 0 Å². The second-order valence-electron chi connectivity index (χ2n) is 4.05. The van der Waals surface area contributed by atoms with Gasteiger partial charge in [-0.05, 0) is 24.3 Å². The first-order valence-electron chi connectivity index (χ1n) is 5.89. The van der Waals surface area contributed by atoms with Gasteiger partial charge in [-0.3, -0.25) is 14.6 Å². The van der Waals surface area contributed by atoms with E-state index in [9.17, 15) is 14.4 Å². The average Bonchev–Trinajstić information content (AvgIpc) is 2.53. The van der Waals surface area contributed by atoms with Crippen LogP contribution in [-0.2, 0) is 0 Å². The summed E-state index contributed by atoms with van der Waals surface area (Å²) in [5, 5.41) is 9.39. The van der Waals surface area contributed by atoms with Gasteiger partial charge in [-0.15, -0.1) is 0 Å². The summed E-state index contributed by atoms with van der Waals surface area (Å²) in [6.45, 7) is 0. The third kappa shape index (κ3) is 2.93. The zero-order chi connectivity index (χ0) is 15.4. The summed E-state index contributed by atoms with van der Waals surface area (Å²) in [6, 6.07) is 10.1. The molecule has 21 heavy (non-hydrogen) atoms. The molecule has 0 saturated heterocycles.